The van der Waals surface area contributed by atoms with Crippen molar-refractivity contribution in [1.82, 2.24) is 10.2 Å². The summed E-state index contributed by atoms with van der Waals surface area (Å²) in [6.45, 7) is 11.7. The van der Waals surface area contributed by atoms with E-state index in [4.69, 9.17) is 0 Å². The van der Waals surface area contributed by atoms with Gasteiger partial charge in [0.15, 0.2) is 0 Å². The smallest absolute Gasteiger partial charge is 0.0193 e. The van der Waals surface area contributed by atoms with E-state index >= 15 is 0 Å². The second-order valence-electron chi connectivity index (χ2n) is 3.94. The standard InChI is InChI=1S/C9H20N2.ClH/c1-8(2)7-11-5-4-10-6-9(11)3;/h8-10H,4-7H2,1-3H3;1H/t9-;/m0./s1. The van der Waals surface area contributed by atoms with E-state index in [0.717, 1.165) is 25.0 Å². The maximum atomic E-state index is 3.40. The molecule has 1 atom stereocenters. The van der Waals surface area contributed by atoms with Crippen molar-refractivity contribution < 1.29 is 0 Å². The van der Waals surface area contributed by atoms with Gasteiger partial charge in [-0.1, -0.05) is 13.8 Å². The molecule has 0 amide bonds. The predicted molar refractivity (Wildman–Crippen MR) is 56.0 cm³/mol. The molecule has 2 nitrogen and oxygen atoms in total. The third-order valence-electron chi connectivity index (χ3n) is 2.24. The van der Waals surface area contributed by atoms with Crippen molar-refractivity contribution in [1.29, 1.82) is 0 Å². The van der Waals surface area contributed by atoms with Crippen LogP contribution in [0.5, 0.6) is 0 Å². The van der Waals surface area contributed by atoms with E-state index in [9.17, 15) is 0 Å². The lowest BCUT2D eigenvalue weighted by atomic mass is 10.1. The zero-order valence-electron chi connectivity index (χ0n) is 8.34. The van der Waals surface area contributed by atoms with Crippen molar-refractivity contribution in [2.75, 3.05) is 26.2 Å². The zero-order chi connectivity index (χ0) is 8.27. The van der Waals surface area contributed by atoms with Crippen LogP contribution in [0.3, 0.4) is 0 Å². The van der Waals surface area contributed by atoms with E-state index in [0.29, 0.717) is 0 Å². The number of hydrogen-bond acceptors (Lipinski definition) is 2. The Hall–Kier alpha value is 0.210. The number of hydrogen-bond donors (Lipinski definition) is 1. The molecule has 0 aromatic rings. The molecule has 0 saturated carbocycles. The van der Waals surface area contributed by atoms with Gasteiger partial charge < -0.3 is 5.32 Å². The molecule has 1 N–H and O–H groups in total. The lowest BCUT2D eigenvalue weighted by Gasteiger charge is -2.34. The lowest BCUT2D eigenvalue weighted by molar-refractivity contribution is 0.156. The van der Waals surface area contributed by atoms with Gasteiger partial charge in [-0.3, -0.25) is 4.90 Å². The van der Waals surface area contributed by atoms with Crippen molar-refractivity contribution in [3.05, 3.63) is 0 Å². The maximum absolute atomic E-state index is 3.40. The van der Waals surface area contributed by atoms with Crippen molar-refractivity contribution in [2.45, 2.75) is 26.8 Å². The minimum Gasteiger partial charge on any atom is -0.314 e. The molecule has 1 saturated heterocycles. The predicted octanol–water partition coefficient (Wildman–Crippen LogP) is 1.36. The number of rotatable bonds is 2. The van der Waals surface area contributed by atoms with Gasteiger partial charge in [0, 0.05) is 32.2 Å². The molecule has 1 fully saturated rings. The maximum Gasteiger partial charge on any atom is 0.0193 e. The molecular weight excluding hydrogens is 172 g/mol. The second-order valence-corrected chi connectivity index (χ2v) is 3.94. The number of piperazine rings is 1. The average molecular weight is 193 g/mol. The zero-order valence-corrected chi connectivity index (χ0v) is 9.16. The van der Waals surface area contributed by atoms with Gasteiger partial charge in [-0.05, 0) is 12.8 Å². The van der Waals surface area contributed by atoms with Crippen molar-refractivity contribution in [2.24, 2.45) is 5.92 Å². The van der Waals surface area contributed by atoms with E-state index in [1.807, 2.05) is 0 Å². The van der Waals surface area contributed by atoms with E-state index in [-0.39, 0.29) is 12.4 Å². The summed E-state index contributed by atoms with van der Waals surface area (Å²) in [4.78, 5) is 2.57. The van der Waals surface area contributed by atoms with Gasteiger partial charge in [-0.25, -0.2) is 0 Å². The van der Waals surface area contributed by atoms with E-state index in [1.165, 1.54) is 13.1 Å². The topological polar surface area (TPSA) is 15.3 Å². The van der Waals surface area contributed by atoms with E-state index in [1.54, 1.807) is 0 Å². The summed E-state index contributed by atoms with van der Waals surface area (Å²) >= 11 is 0. The molecule has 0 unspecified atom stereocenters. The molecule has 0 radical (unpaired) electrons. The Morgan fingerprint density at radius 3 is 2.67 bits per heavy atom. The van der Waals surface area contributed by atoms with Gasteiger partial charge in [0.1, 0.15) is 0 Å². The van der Waals surface area contributed by atoms with Crippen LogP contribution in [0.4, 0.5) is 0 Å². The normalized spacial score (nSPS) is 25.5. The Labute approximate surface area is 82.1 Å². The highest BCUT2D eigenvalue weighted by molar-refractivity contribution is 5.85. The molecule has 74 valence electrons. The summed E-state index contributed by atoms with van der Waals surface area (Å²) in [5.41, 5.74) is 0. The molecule has 1 heterocycles. The summed E-state index contributed by atoms with van der Waals surface area (Å²) in [5.74, 6) is 0.801. The van der Waals surface area contributed by atoms with Crippen LogP contribution in [0.15, 0.2) is 0 Å². The first kappa shape index (κ1) is 12.2. The summed E-state index contributed by atoms with van der Waals surface area (Å²) in [5, 5.41) is 3.40. The van der Waals surface area contributed by atoms with Gasteiger partial charge in [0.25, 0.3) is 0 Å². The molecule has 1 rings (SSSR count). The first-order valence-electron chi connectivity index (χ1n) is 4.65. The van der Waals surface area contributed by atoms with Crippen molar-refractivity contribution in [3.8, 4) is 0 Å². The molecular formula is C9H21ClN2. The Bertz CT molecular complexity index is 117. The number of halogens is 1. The summed E-state index contributed by atoms with van der Waals surface area (Å²) in [7, 11) is 0. The second kappa shape index (κ2) is 5.79. The molecule has 0 bridgehead atoms. The molecule has 0 aromatic carbocycles. The van der Waals surface area contributed by atoms with Gasteiger partial charge >= 0.3 is 0 Å². The molecule has 1 aliphatic heterocycles. The SMILES string of the molecule is CC(C)CN1CCNC[C@@H]1C.Cl. The molecule has 1 aliphatic rings. The minimum absolute atomic E-state index is 0. The van der Waals surface area contributed by atoms with Crippen molar-refractivity contribution in [3.63, 3.8) is 0 Å². The number of nitrogens with zero attached hydrogens (tertiary/aromatic N) is 1. The Kier molecular flexibility index (Phi) is 5.89. The van der Waals surface area contributed by atoms with Crippen LogP contribution in [0.1, 0.15) is 20.8 Å². The highest BCUT2D eigenvalue weighted by Crippen LogP contribution is 2.05. The van der Waals surface area contributed by atoms with Crippen LogP contribution in [-0.4, -0.2) is 37.1 Å². The van der Waals surface area contributed by atoms with Gasteiger partial charge in [0.05, 0.1) is 0 Å². The third-order valence-corrected chi connectivity index (χ3v) is 2.24. The highest BCUT2D eigenvalue weighted by atomic mass is 35.5. The Morgan fingerprint density at radius 2 is 2.17 bits per heavy atom. The monoisotopic (exact) mass is 192 g/mol. The number of nitrogens with one attached hydrogen (secondary N) is 1. The molecule has 12 heavy (non-hydrogen) atoms. The first-order valence-corrected chi connectivity index (χ1v) is 4.65. The molecule has 0 aromatic heterocycles. The minimum atomic E-state index is 0. The fourth-order valence-electron chi connectivity index (χ4n) is 1.62. The van der Waals surface area contributed by atoms with Crippen LogP contribution in [0.25, 0.3) is 0 Å². The summed E-state index contributed by atoms with van der Waals surface area (Å²) in [6.07, 6.45) is 0. The Morgan fingerprint density at radius 1 is 1.50 bits per heavy atom. The largest absolute Gasteiger partial charge is 0.314 e. The molecule has 0 spiro atoms. The van der Waals surface area contributed by atoms with E-state index in [2.05, 4.69) is 31.0 Å². The third kappa shape index (κ3) is 3.74. The fraction of sp³-hybridized carbons (Fsp3) is 1.00. The van der Waals surface area contributed by atoms with E-state index < -0.39 is 0 Å². The summed E-state index contributed by atoms with van der Waals surface area (Å²) < 4.78 is 0. The van der Waals surface area contributed by atoms with Crippen LogP contribution < -0.4 is 5.32 Å². The van der Waals surface area contributed by atoms with Crippen LogP contribution in [-0.2, 0) is 0 Å². The van der Waals surface area contributed by atoms with Gasteiger partial charge in [-0.15, -0.1) is 12.4 Å². The summed E-state index contributed by atoms with van der Waals surface area (Å²) in [6, 6.07) is 0.728. The van der Waals surface area contributed by atoms with Crippen molar-refractivity contribution >= 4 is 12.4 Å². The quantitative estimate of drug-likeness (QED) is 0.711. The molecule has 0 aliphatic carbocycles. The fourth-order valence-corrected chi connectivity index (χ4v) is 1.62. The van der Waals surface area contributed by atoms with Gasteiger partial charge in [0.2, 0.25) is 0 Å². The van der Waals surface area contributed by atoms with Crippen LogP contribution in [0, 0.1) is 5.92 Å². The lowest BCUT2D eigenvalue weighted by Crippen LogP contribution is -2.50. The van der Waals surface area contributed by atoms with Gasteiger partial charge in [-0.2, -0.15) is 0 Å². The first-order chi connectivity index (χ1) is 5.20. The average Bonchev–Trinajstić information content (AvgIpc) is 1.93. The van der Waals surface area contributed by atoms with Crippen LogP contribution in [0.2, 0.25) is 0 Å². The highest BCUT2D eigenvalue weighted by Gasteiger charge is 2.17. The molecule has 3 heteroatoms. The Balaban J connectivity index is 0.00000121. The van der Waals surface area contributed by atoms with Crippen LogP contribution >= 0.6 is 12.4 Å².